The number of rotatable bonds is 9. The molecule has 0 aliphatic carbocycles. The van der Waals surface area contributed by atoms with E-state index in [2.05, 4.69) is 478 Å². The summed E-state index contributed by atoms with van der Waals surface area (Å²) in [6.45, 7) is 49.4. The molecule has 124 heavy (non-hydrogen) atoms. The molecule has 2 aliphatic rings. The van der Waals surface area contributed by atoms with Crippen molar-refractivity contribution in [3.05, 3.63) is 348 Å². The summed E-state index contributed by atoms with van der Waals surface area (Å²) in [6.07, 6.45) is 0. The van der Waals surface area contributed by atoms with E-state index in [1.54, 1.807) is 0 Å². The van der Waals surface area contributed by atoms with Crippen LogP contribution in [0.2, 0.25) is 0 Å². The van der Waals surface area contributed by atoms with Gasteiger partial charge in [0, 0.05) is 94.4 Å². The third-order valence-corrected chi connectivity index (χ3v) is 27.1. The van der Waals surface area contributed by atoms with E-state index in [1.807, 2.05) is 0 Å². The van der Waals surface area contributed by atoms with E-state index in [0.29, 0.717) is 0 Å². The summed E-state index contributed by atoms with van der Waals surface area (Å²) < 4.78 is 7.68. The molecule has 18 aromatic rings. The molecule has 6 heteroatoms. The number of para-hydroxylation sites is 5. The van der Waals surface area contributed by atoms with Crippen LogP contribution in [0.1, 0.15) is 184 Å². The molecule has 3 aromatic heterocycles. The van der Waals surface area contributed by atoms with Crippen molar-refractivity contribution < 1.29 is 0 Å². The fraction of sp³-hybridized carbons (Fsp3) is 0.237. The Bertz CT molecular complexity index is 7130. The lowest BCUT2D eigenvalue weighted by Gasteiger charge is -2.47. The molecule has 0 amide bonds. The van der Waals surface area contributed by atoms with Gasteiger partial charge in [0.1, 0.15) is 0 Å². The lowest BCUT2D eigenvalue weighted by molar-refractivity contribution is 0.589. The Morgan fingerprint density at radius 3 is 0.782 bits per heavy atom. The van der Waals surface area contributed by atoms with E-state index in [4.69, 9.17) is 0 Å². The van der Waals surface area contributed by atoms with Gasteiger partial charge in [-0.1, -0.05) is 358 Å². The van der Waals surface area contributed by atoms with Gasteiger partial charge in [-0.2, -0.15) is 0 Å². The van der Waals surface area contributed by atoms with E-state index in [-0.39, 0.29) is 39.2 Å². The first-order valence-electron chi connectivity index (χ1n) is 44.8. The second-order valence-corrected chi connectivity index (χ2v) is 42.7. The van der Waals surface area contributed by atoms with E-state index in [0.717, 1.165) is 73.3 Å². The standard InChI is InChI=1S/C118H114BN5/c1-112(2,3)77-51-43-73(44-52-77)93-65-81(116(13,14)15)66-94(74-45-53-78(54-46-74)113(4,5)6)108(93)123-103-71-85(120-99-39-29-25-35-87(99)88-36-26-30-40-100(88)120)59-63-97(103)119-98-64-60-86(122-102-42-32-28-38-90(102)92-62-61-91-89-37-27-31-41-101(89)121(110(91)111(92)122)84-33-23-22-24-34-84)72-104(98)124(106-70-83(118(19,20)21)69-105(123)107(106)119)109-95(75-47-55-79(56-48-75)114(7,8)9)67-82(117(16,17)18)68-96(109)76-49-57-80(58-50-76)115(10,11)12/h22-72H,1-21H3. The predicted molar refractivity (Wildman–Crippen MR) is 536 cm³/mol. The lowest BCUT2D eigenvalue weighted by atomic mass is 9.33. The van der Waals surface area contributed by atoms with Gasteiger partial charge in [-0.05, 0) is 213 Å². The number of aromatic nitrogens is 3. The summed E-state index contributed by atoms with van der Waals surface area (Å²) in [5.74, 6) is 0. The second-order valence-electron chi connectivity index (χ2n) is 42.7. The average Bonchev–Trinajstić information content (AvgIpc) is 0.873. The first-order valence-corrected chi connectivity index (χ1v) is 44.8. The van der Waals surface area contributed by atoms with Gasteiger partial charge < -0.3 is 23.5 Å². The fourth-order valence-corrected chi connectivity index (χ4v) is 20.1. The van der Waals surface area contributed by atoms with Crippen LogP contribution in [-0.2, 0) is 37.9 Å². The molecule has 20 rings (SSSR count). The maximum Gasteiger partial charge on any atom is 0.252 e. The first kappa shape index (κ1) is 79.8. The van der Waals surface area contributed by atoms with Gasteiger partial charge in [-0.3, -0.25) is 0 Å². The summed E-state index contributed by atoms with van der Waals surface area (Å²) in [6, 6.07) is 121. The van der Waals surface area contributed by atoms with Gasteiger partial charge in [-0.15, -0.1) is 0 Å². The molecule has 0 radical (unpaired) electrons. The fourth-order valence-electron chi connectivity index (χ4n) is 20.1. The Balaban J connectivity index is 0.990. The number of anilines is 6. The van der Waals surface area contributed by atoms with Crippen LogP contribution in [0, 0.1) is 0 Å². The molecule has 614 valence electrons. The van der Waals surface area contributed by atoms with Gasteiger partial charge in [-0.25, -0.2) is 0 Å². The number of hydrogen-bond acceptors (Lipinski definition) is 2. The highest BCUT2D eigenvalue weighted by molar-refractivity contribution is 7.00. The monoisotopic (exact) mass is 1610 g/mol. The Labute approximate surface area is 734 Å². The molecule has 0 N–H and O–H groups in total. The second kappa shape index (κ2) is 28.5. The van der Waals surface area contributed by atoms with Crippen LogP contribution in [0.3, 0.4) is 0 Å². The van der Waals surface area contributed by atoms with Crippen molar-refractivity contribution in [3.8, 4) is 61.6 Å². The summed E-state index contributed by atoms with van der Waals surface area (Å²) in [4.78, 5) is 5.59. The molecule has 0 fully saturated rings. The quantitative estimate of drug-likeness (QED) is 0.134. The molecule has 0 atom stereocenters. The maximum atomic E-state index is 2.80. The Kier molecular flexibility index (Phi) is 18.3. The smallest absolute Gasteiger partial charge is 0.252 e. The Hall–Kier alpha value is -12.6. The van der Waals surface area contributed by atoms with E-state index in [1.165, 1.54) is 143 Å². The minimum Gasteiger partial charge on any atom is -0.310 e. The molecule has 2 aliphatic heterocycles. The summed E-state index contributed by atoms with van der Waals surface area (Å²) in [5.41, 5.74) is 37.9. The molecular weight excluding hydrogens is 1500 g/mol. The maximum absolute atomic E-state index is 2.80. The molecule has 0 bridgehead atoms. The van der Waals surface area contributed by atoms with Crippen molar-refractivity contribution in [3.63, 3.8) is 0 Å². The van der Waals surface area contributed by atoms with E-state index < -0.39 is 5.41 Å². The molecule has 0 unspecified atom stereocenters. The average molecular weight is 1610 g/mol. The largest absolute Gasteiger partial charge is 0.310 e. The molecular formula is C118H114BN5. The molecule has 5 nitrogen and oxygen atoms in total. The van der Waals surface area contributed by atoms with Crippen molar-refractivity contribution in [1.29, 1.82) is 0 Å². The van der Waals surface area contributed by atoms with Crippen molar-refractivity contribution in [2.24, 2.45) is 0 Å². The minimum absolute atomic E-state index is 0.0772. The molecule has 0 saturated heterocycles. The van der Waals surface area contributed by atoms with Gasteiger partial charge >= 0.3 is 0 Å². The third-order valence-electron chi connectivity index (χ3n) is 27.1. The van der Waals surface area contributed by atoms with Crippen LogP contribution in [0.25, 0.3) is 127 Å². The Morgan fingerprint density at radius 1 is 0.202 bits per heavy atom. The van der Waals surface area contributed by atoms with Crippen molar-refractivity contribution >= 4 is 123 Å². The van der Waals surface area contributed by atoms with Crippen molar-refractivity contribution in [2.75, 3.05) is 9.80 Å². The molecule has 0 spiro atoms. The number of hydrogen-bond donors (Lipinski definition) is 0. The molecule has 5 heterocycles. The van der Waals surface area contributed by atoms with Crippen molar-refractivity contribution in [1.82, 2.24) is 13.7 Å². The van der Waals surface area contributed by atoms with Gasteiger partial charge in [0.05, 0.1) is 44.5 Å². The minimum atomic E-state index is -0.391. The van der Waals surface area contributed by atoms with Crippen LogP contribution in [0.15, 0.2) is 309 Å². The highest BCUT2D eigenvalue weighted by Gasteiger charge is 2.47. The normalized spacial score (nSPS) is 13.5. The van der Waals surface area contributed by atoms with Crippen LogP contribution >= 0.6 is 0 Å². The highest BCUT2D eigenvalue weighted by Crippen LogP contribution is 2.57. The van der Waals surface area contributed by atoms with Crippen LogP contribution in [0.4, 0.5) is 34.1 Å². The zero-order valence-electron chi connectivity index (χ0n) is 76.3. The Morgan fingerprint density at radius 2 is 0.468 bits per heavy atom. The van der Waals surface area contributed by atoms with E-state index >= 15 is 0 Å². The number of nitrogens with zero attached hydrogens (tertiary/aromatic N) is 5. The number of fused-ring (bicyclic) bond motifs is 14. The lowest BCUT2D eigenvalue weighted by Crippen LogP contribution is -2.61. The van der Waals surface area contributed by atoms with Crippen LogP contribution in [-0.4, -0.2) is 20.4 Å². The first-order chi connectivity index (χ1) is 58.9. The SMILES string of the molecule is CC(C)(C)c1ccc(-c2cc(C(C)(C)C)cc(-c3ccc(C(C)(C)C)cc3)c2N2c3cc(-n4c5ccccc5c5ccccc54)ccc3B3c4ccc(-n5c6ccccc6c6ccc7c8ccccc8n(-c8ccccc8)c7c65)cc4N(c4c(-c5ccc(C(C)(C)C)cc5)cc(C(C)(C)C)cc4-c4ccc(C(C)(C)C)cc4)c4cc(C(C)(C)C)cc2c43)cc1. The topological polar surface area (TPSA) is 21.3 Å². The van der Waals surface area contributed by atoms with Gasteiger partial charge in [0.15, 0.2) is 0 Å². The highest BCUT2D eigenvalue weighted by atomic mass is 15.2. The van der Waals surface area contributed by atoms with Crippen LogP contribution in [0.5, 0.6) is 0 Å². The molecule has 15 aromatic carbocycles. The predicted octanol–water partition coefficient (Wildman–Crippen LogP) is 30.8. The van der Waals surface area contributed by atoms with Gasteiger partial charge in [0.25, 0.3) is 6.71 Å². The van der Waals surface area contributed by atoms with Crippen molar-refractivity contribution in [2.45, 2.75) is 183 Å². The van der Waals surface area contributed by atoms with Gasteiger partial charge in [0.2, 0.25) is 0 Å². The summed E-state index contributed by atoms with van der Waals surface area (Å²) in [5, 5.41) is 7.28. The summed E-state index contributed by atoms with van der Waals surface area (Å²) in [7, 11) is 0. The van der Waals surface area contributed by atoms with E-state index in [9.17, 15) is 0 Å². The zero-order valence-corrected chi connectivity index (χ0v) is 76.3. The summed E-state index contributed by atoms with van der Waals surface area (Å²) >= 11 is 0. The number of benzene rings is 15. The van der Waals surface area contributed by atoms with Crippen LogP contribution < -0.4 is 26.2 Å². The molecule has 0 saturated carbocycles. The zero-order chi connectivity index (χ0) is 86.5. The third kappa shape index (κ3) is 13.2.